The number of aryl methyl sites for hydroxylation is 1. The first-order chi connectivity index (χ1) is 8.92. The summed E-state index contributed by atoms with van der Waals surface area (Å²) in [5, 5.41) is 6.97. The van der Waals surface area contributed by atoms with E-state index < -0.39 is 18.6 Å². The number of rotatable bonds is 7. The maximum atomic E-state index is 12.7. The van der Waals surface area contributed by atoms with Crippen molar-refractivity contribution in [2.75, 3.05) is 13.7 Å². The van der Waals surface area contributed by atoms with Gasteiger partial charge in [-0.25, -0.2) is 0 Å². The summed E-state index contributed by atoms with van der Waals surface area (Å²) < 4.78 is 44.7. The summed E-state index contributed by atoms with van der Waals surface area (Å²) in [4.78, 5) is 0. The van der Waals surface area contributed by atoms with Gasteiger partial charge in [0, 0.05) is 6.54 Å². The zero-order chi connectivity index (χ0) is 14.5. The minimum absolute atomic E-state index is 0.389. The molecule has 0 amide bonds. The number of methoxy groups -OCH3 is 1. The first-order valence-electron chi connectivity index (χ1n) is 6.32. The molecule has 110 valence electrons. The molecule has 1 aromatic rings. The van der Waals surface area contributed by atoms with Crippen molar-refractivity contribution in [1.29, 1.82) is 0 Å². The molecule has 0 aromatic carbocycles. The number of halogens is 3. The summed E-state index contributed by atoms with van der Waals surface area (Å²) in [6.07, 6.45) is -2.96. The minimum Gasteiger partial charge on any atom is -0.493 e. The quantitative estimate of drug-likeness (QED) is 0.834. The van der Waals surface area contributed by atoms with Gasteiger partial charge in [0.25, 0.3) is 0 Å². The molecule has 1 aromatic heterocycles. The zero-order valence-corrected chi connectivity index (χ0v) is 11.4. The lowest BCUT2D eigenvalue weighted by molar-refractivity contribution is -0.140. The maximum absolute atomic E-state index is 12.7. The normalized spacial score (nSPS) is 13.6. The van der Waals surface area contributed by atoms with Crippen LogP contribution in [-0.2, 0) is 6.54 Å². The van der Waals surface area contributed by atoms with Crippen LogP contribution in [0.4, 0.5) is 13.2 Å². The molecule has 0 bridgehead atoms. The summed E-state index contributed by atoms with van der Waals surface area (Å²) in [7, 11) is 1.44. The predicted octanol–water partition coefficient (Wildman–Crippen LogP) is 2.90. The van der Waals surface area contributed by atoms with Crippen LogP contribution in [0.2, 0.25) is 0 Å². The fourth-order valence-corrected chi connectivity index (χ4v) is 1.95. The van der Waals surface area contributed by atoms with Gasteiger partial charge in [-0.15, -0.1) is 0 Å². The molecule has 0 saturated heterocycles. The van der Waals surface area contributed by atoms with Crippen LogP contribution >= 0.6 is 0 Å². The second kappa shape index (κ2) is 6.79. The molecule has 4 nitrogen and oxygen atoms in total. The van der Waals surface area contributed by atoms with Crippen LogP contribution < -0.4 is 10.1 Å². The highest BCUT2D eigenvalue weighted by molar-refractivity contribution is 5.28. The van der Waals surface area contributed by atoms with Gasteiger partial charge in [0.1, 0.15) is 0 Å². The minimum atomic E-state index is -4.24. The number of nitrogens with zero attached hydrogens (tertiary/aromatic N) is 2. The van der Waals surface area contributed by atoms with Crippen molar-refractivity contribution in [3.05, 3.63) is 11.9 Å². The Labute approximate surface area is 110 Å². The van der Waals surface area contributed by atoms with Crippen LogP contribution in [0, 0.1) is 0 Å². The van der Waals surface area contributed by atoms with E-state index in [1.807, 2.05) is 13.8 Å². The van der Waals surface area contributed by atoms with Gasteiger partial charge in [-0.1, -0.05) is 6.92 Å². The third kappa shape index (κ3) is 4.41. The fourth-order valence-electron chi connectivity index (χ4n) is 1.95. The van der Waals surface area contributed by atoms with E-state index in [1.165, 1.54) is 18.0 Å². The van der Waals surface area contributed by atoms with E-state index >= 15 is 0 Å². The number of nitrogens with one attached hydrogen (secondary N) is 1. The molecule has 1 heterocycles. The Bertz CT molecular complexity index is 369. The first kappa shape index (κ1) is 15.8. The van der Waals surface area contributed by atoms with Crippen molar-refractivity contribution >= 4 is 0 Å². The largest absolute Gasteiger partial charge is 0.493 e. The lowest BCUT2D eigenvalue weighted by Crippen LogP contribution is -2.29. The lowest BCUT2D eigenvalue weighted by atomic mass is 10.1. The third-order valence-corrected chi connectivity index (χ3v) is 2.77. The number of hydrogen-bond acceptors (Lipinski definition) is 3. The zero-order valence-electron chi connectivity index (χ0n) is 11.4. The summed E-state index contributed by atoms with van der Waals surface area (Å²) in [5.41, 5.74) is 0.454. The lowest BCUT2D eigenvalue weighted by Gasteiger charge is -2.22. The number of ether oxygens (including phenoxy) is 1. The highest BCUT2D eigenvalue weighted by Gasteiger charge is 2.35. The number of hydrogen-bond donors (Lipinski definition) is 1. The average molecular weight is 279 g/mol. The molecule has 0 saturated carbocycles. The molecule has 1 rings (SSSR count). The maximum Gasteiger partial charge on any atom is 0.390 e. The Morgan fingerprint density at radius 1 is 1.42 bits per heavy atom. The van der Waals surface area contributed by atoms with Crippen LogP contribution in [0.1, 0.15) is 38.4 Å². The summed E-state index contributed by atoms with van der Waals surface area (Å²) in [5.74, 6) is 0.389. The molecule has 0 fully saturated rings. The van der Waals surface area contributed by atoms with Crippen LogP contribution in [0.5, 0.6) is 5.75 Å². The fraction of sp³-hybridized carbons (Fsp3) is 0.750. The smallest absolute Gasteiger partial charge is 0.390 e. The van der Waals surface area contributed by atoms with E-state index in [-0.39, 0.29) is 0 Å². The van der Waals surface area contributed by atoms with Crippen LogP contribution in [0.25, 0.3) is 0 Å². The Hall–Kier alpha value is -1.24. The van der Waals surface area contributed by atoms with E-state index in [4.69, 9.17) is 4.74 Å². The molecule has 1 atom stereocenters. The molecular formula is C12H20F3N3O. The van der Waals surface area contributed by atoms with Crippen molar-refractivity contribution in [3.8, 4) is 5.75 Å². The Balaban J connectivity index is 3.04. The predicted molar refractivity (Wildman–Crippen MR) is 66.2 cm³/mol. The van der Waals surface area contributed by atoms with Gasteiger partial charge in [-0.2, -0.15) is 18.3 Å². The van der Waals surface area contributed by atoms with Gasteiger partial charge in [0.15, 0.2) is 5.75 Å². The first-order valence-corrected chi connectivity index (χ1v) is 6.32. The average Bonchev–Trinajstić information content (AvgIpc) is 2.75. The molecule has 7 heteroatoms. The number of aromatic nitrogens is 2. The van der Waals surface area contributed by atoms with E-state index in [1.54, 1.807) is 0 Å². The van der Waals surface area contributed by atoms with Crippen LogP contribution in [-0.4, -0.2) is 29.6 Å². The summed E-state index contributed by atoms with van der Waals surface area (Å²) in [6.45, 7) is 4.76. The standard InChI is InChI=1S/C12H20F3N3O/c1-4-6-16-9(7-12(13,14)15)11-10(19-3)8-17-18(11)5-2/h8-9,16H,4-7H2,1-3H3. The van der Waals surface area contributed by atoms with Gasteiger partial charge in [-0.3, -0.25) is 4.68 Å². The second-order valence-corrected chi connectivity index (χ2v) is 4.24. The van der Waals surface area contributed by atoms with Gasteiger partial charge in [0.2, 0.25) is 0 Å². The van der Waals surface area contributed by atoms with Gasteiger partial charge >= 0.3 is 6.18 Å². The van der Waals surface area contributed by atoms with Crippen molar-refractivity contribution in [1.82, 2.24) is 15.1 Å². The molecule has 0 aliphatic carbocycles. The van der Waals surface area contributed by atoms with Crippen LogP contribution in [0.15, 0.2) is 6.20 Å². The Morgan fingerprint density at radius 2 is 2.11 bits per heavy atom. The molecular weight excluding hydrogens is 259 g/mol. The van der Waals surface area contributed by atoms with Crippen molar-refractivity contribution in [3.63, 3.8) is 0 Å². The van der Waals surface area contributed by atoms with E-state index in [9.17, 15) is 13.2 Å². The van der Waals surface area contributed by atoms with Crippen molar-refractivity contribution < 1.29 is 17.9 Å². The highest BCUT2D eigenvalue weighted by Crippen LogP contribution is 2.33. The monoisotopic (exact) mass is 279 g/mol. The molecule has 1 N–H and O–H groups in total. The Morgan fingerprint density at radius 3 is 2.58 bits per heavy atom. The molecule has 19 heavy (non-hydrogen) atoms. The van der Waals surface area contributed by atoms with E-state index in [0.29, 0.717) is 24.5 Å². The van der Waals surface area contributed by atoms with E-state index in [0.717, 1.165) is 6.42 Å². The molecule has 0 aliphatic heterocycles. The second-order valence-electron chi connectivity index (χ2n) is 4.24. The van der Waals surface area contributed by atoms with Crippen LogP contribution in [0.3, 0.4) is 0 Å². The van der Waals surface area contributed by atoms with Gasteiger partial charge in [-0.05, 0) is 19.9 Å². The third-order valence-electron chi connectivity index (χ3n) is 2.77. The van der Waals surface area contributed by atoms with Gasteiger partial charge < -0.3 is 10.1 Å². The molecule has 0 spiro atoms. The van der Waals surface area contributed by atoms with Gasteiger partial charge in [0.05, 0.1) is 31.5 Å². The molecule has 1 unspecified atom stereocenters. The number of alkyl halides is 3. The Kier molecular flexibility index (Phi) is 5.65. The topological polar surface area (TPSA) is 39.1 Å². The molecule has 0 aliphatic rings. The SMILES string of the molecule is CCCNC(CC(F)(F)F)c1c(OC)cnn1CC. The summed E-state index contributed by atoms with van der Waals surface area (Å²) >= 11 is 0. The summed E-state index contributed by atoms with van der Waals surface area (Å²) in [6, 6.07) is -0.836. The molecule has 0 radical (unpaired) electrons. The van der Waals surface area contributed by atoms with Crippen molar-refractivity contribution in [2.45, 2.75) is 45.5 Å². The highest BCUT2D eigenvalue weighted by atomic mass is 19.4. The van der Waals surface area contributed by atoms with Crippen molar-refractivity contribution in [2.24, 2.45) is 0 Å². The van der Waals surface area contributed by atoms with E-state index in [2.05, 4.69) is 10.4 Å².